The van der Waals surface area contributed by atoms with E-state index in [1.165, 1.54) is 25.3 Å². The number of alkyl halides is 3. The van der Waals surface area contributed by atoms with Crippen LogP contribution in [-0.4, -0.2) is 23.9 Å². The molecule has 0 aliphatic heterocycles. The van der Waals surface area contributed by atoms with Gasteiger partial charge in [-0.1, -0.05) is 0 Å². The van der Waals surface area contributed by atoms with Crippen molar-refractivity contribution in [2.75, 3.05) is 23.7 Å². The molecule has 5 nitrogen and oxygen atoms in total. The Morgan fingerprint density at radius 1 is 1.24 bits per heavy atom. The average Bonchev–Trinajstić information content (AvgIpc) is 2.58. The minimum absolute atomic E-state index is 0.144. The topological polar surface area (TPSA) is 77.8 Å². The van der Waals surface area contributed by atoms with Crippen molar-refractivity contribution in [3.05, 3.63) is 53.2 Å². The van der Waals surface area contributed by atoms with Crippen LogP contribution in [0.25, 0.3) is 0 Å². The number of anilines is 2. The third kappa shape index (κ3) is 4.70. The van der Waals surface area contributed by atoms with Crippen molar-refractivity contribution < 1.29 is 18.0 Å². The highest BCUT2D eigenvalue weighted by atomic mass is 19.4. The van der Waals surface area contributed by atoms with E-state index < -0.39 is 11.7 Å². The fraction of sp³-hybridized carbons (Fsp3) is 0.235. The van der Waals surface area contributed by atoms with Crippen LogP contribution in [0.4, 0.5) is 24.7 Å². The molecule has 0 unspecified atom stereocenters. The molecule has 0 atom stereocenters. The number of aromatic nitrogens is 1. The van der Waals surface area contributed by atoms with Gasteiger partial charge in [0, 0.05) is 24.8 Å². The number of benzene rings is 1. The van der Waals surface area contributed by atoms with E-state index in [1.54, 1.807) is 12.1 Å². The maximum absolute atomic E-state index is 12.9. The van der Waals surface area contributed by atoms with Gasteiger partial charge in [-0.3, -0.25) is 4.79 Å². The normalized spacial score (nSPS) is 10.8. The molecule has 0 aliphatic carbocycles. The summed E-state index contributed by atoms with van der Waals surface area (Å²) in [5.41, 5.74) is 0.401. The van der Waals surface area contributed by atoms with Crippen LogP contribution in [0.5, 0.6) is 0 Å². The molecule has 2 rings (SSSR count). The number of nitrogens with zero attached hydrogens (tertiary/aromatic N) is 2. The van der Waals surface area contributed by atoms with E-state index in [9.17, 15) is 18.0 Å². The molecule has 1 aromatic heterocycles. The molecule has 1 aromatic carbocycles. The Hall–Kier alpha value is -3.08. The summed E-state index contributed by atoms with van der Waals surface area (Å²) in [4.78, 5) is 15.1. The van der Waals surface area contributed by atoms with Crippen LogP contribution in [0, 0.1) is 11.3 Å². The Morgan fingerprint density at radius 2 is 1.96 bits per heavy atom. The van der Waals surface area contributed by atoms with Gasteiger partial charge >= 0.3 is 6.18 Å². The molecular formula is C17H15F3N4O. The minimum atomic E-state index is -4.49. The number of rotatable bonds is 6. The smallest absolute Gasteiger partial charge is 0.382 e. The minimum Gasteiger partial charge on any atom is -0.382 e. The SMILES string of the molecule is CC(=O)c1ccc(C#N)c(NCCNc2ncccc2C(F)(F)F)c1. The standard InChI is InChI=1S/C17H15F3N4O/c1-11(25)12-4-5-13(10-21)15(9-12)22-7-8-24-16-14(17(18,19)20)3-2-6-23-16/h2-6,9,22H,7-8H2,1H3,(H,23,24). The van der Waals surface area contributed by atoms with Gasteiger partial charge in [0.2, 0.25) is 0 Å². The summed E-state index contributed by atoms with van der Waals surface area (Å²) in [6.07, 6.45) is -3.22. The van der Waals surface area contributed by atoms with Crippen molar-refractivity contribution in [2.45, 2.75) is 13.1 Å². The summed E-state index contributed by atoms with van der Waals surface area (Å²) < 4.78 is 38.6. The fourth-order valence-electron chi connectivity index (χ4n) is 2.16. The van der Waals surface area contributed by atoms with Gasteiger partial charge in [0.1, 0.15) is 11.9 Å². The number of carbonyl (C=O) groups is 1. The lowest BCUT2D eigenvalue weighted by atomic mass is 10.1. The first-order valence-electron chi connectivity index (χ1n) is 7.38. The Balaban J connectivity index is 2.02. The lowest BCUT2D eigenvalue weighted by Crippen LogP contribution is -2.18. The first-order valence-corrected chi connectivity index (χ1v) is 7.38. The van der Waals surface area contributed by atoms with Crippen LogP contribution in [-0.2, 0) is 6.18 Å². The van der Waals surface area contributed by atoms with Crippen molar-refractivity contribution in [1.29, 1.82) is 5.26 Å². The molecule has 0 bridgehead atoms. The molecule has 8 heteroatoms. The van der Waals surface area contributed by atoms with Crippen molar-refractivity contribution >= 4 is 17.3 Å². The van der Waals surface area contributed by atoms with Crippen LogP contribution in [0.1, 0.15) is 28.4 Å². The van der Waals surface area contributed by atoms with E-state index in [2.05, 4.69) is 15.6 Å². The molecule has 130 valence electrons. The molecule has 25 heavy (non-hydrogen) atoms. The van der Waals surface area contributed by atoms with Crippen molar-refractivity contribution in [3.8, 4) is 6.07 Å². The molecule has 2 aromatic rings. The molecule has 0 aliphatic rings. The number of halogens is 3. The van der Waals surface area contributed by atoms with Gasteiger partial charge in [0.25, 0.3) is 0 Å². The van der Waals surface area contributed by atoms with E-state index in [4.69, 9.17) is 5.26 Å². The summed E-state index contributed by atoms with van der Waals surface area (Å²) in [6, 6.07) is 8.78. The highest BCUT2D eigenvalue weighted by Gasteiger charge is 2.33. The molecule has 2 N–H and O–H groups in total. The summed E-state index contributed by atoms with van der Waals surface area (Å²) in [6.45, 7) is 1.80. The zero-order chi connectivity index (χ0) is 18.4. The number of hydrogen-bond acceptors (Lipinski definition) is 5. The van der Waals surface area contributed by atoms with E-state index in [0.717, 1.165) is 6.07 Å². The molecule has 0 saturated carbocycles. The molecule has 0 fully saturated rings. The summed E-state index contributed by atoms with van der Waals surface area (Å²) >= 11 is 0. The predicted octanol–water partition coefficient (Wildman–Crippen LogP) is 3.70. The van der Waals surface area contributed by atoms with Gasteiger partial charge in [-0.2, -0.15) is 18.4 Å². The van der Waals surface area contributed by atoms with Gasteiger partial charge in [0.05, 0.1) is 16.8 Å². The Kier molecular flexibility index (Phi) is 5.60. The fourth-order valence-corrected chi connectivity index (χ4v) is 2.16. The second-order valence-corrected chi connectivity index (χ2v) is 5.18. The third-order valence-electron chi connectivity index (χ3n) is 3.39. The second kappa shape index (κ2) is 7.66. The molecular weight excluding hydrogens is 333 g/mol. The number of hydrogen-bond donors (Lipinski definition) is 2. The van der Waals surface area contributed by atoms with Gasteiger partial charge in [-0.05, 0) is 37.3 Å². The zero-order valence-electron chi connectivity index (χ0n) is 13.3. The number of carbonyl (C=O) groups excluding carboxylic acids is 1. The van der Waals surface area contributed by atoms with Crippen LogP contribution in [0.15, 0.2) is 36.5 Å². The van der Waals surface area contributed by atoms with E-state index in [-0.39, 0.29) is 24.7 Å². The highest BCUT2D eigenvalue weighted by Crippen LogP contribution is 2.33. The molecule has 0 radical (unpaired) electrons. The van der Waals surface area contributed by atoms with E-state index in [1.807, 2.05) is 6.07 Å². The highest BCUT2D eigenvalue weighted by molar-refractivity contribution is 5.95. The number of Topliss-reactive ketones (excluding diaryl/α,β-unsaturated/α-hetero) is 1. The van der Waals surface area contributed by atoms with Gasteiger partial charge < -0.3 is 10.6 Å². The van der Waals surface area contributed by atoms with Gasteiger partial charge in [-0.25, -0.2) is 4.98 Å². The molecule has 0 saturated heterocycles. The first-order chi connectivity index (χ1) is 11.8. The van der Waals surface area contributed by atoms with Gasteiger partial charge in [0.15, 0.2) is 5.78 Å². The number of nitriles is 1. The molecule has 1 heterocycles. The maximum Gasteiger partial charge on any atom is 0.419 e. The lowest BCUT2D eigenvalue weighted by molar-refractivity contribution is -0.137. The molecule has 0 spiro atoms. The zero-order valence-corrected chi connectivity index (χ0v) is 13.3. The van der Waals surface area contributed by atoms with E-state index in [0.29, 0.717) is 16.8 Å². The first kappa shape index (κ1) is 18.3. The maximum atomic E-state index is 12.9. The third-order valence-corrected chi connectivity index (χ3v) is 3.39. The monoisotopic (exact) mass is 348 g/mol. The Bertz CT molecular complexity index is 812. The average molecular weight is 348 g/mol. The predicted molar refractivity (Wildman–Crippen MR) is 87.4 cm³/mol. The lowest BCUT2D eigenvalue weighted by Gasteiger charge is -2.14. The Morgan fingerprint density at radius 3 is 2.60 bits per heavy atom. The molecule has 0 amide bonds. The van der Waals surface area contributed by atoms with Crippen LogP contribution < -0.4 is 10.6 Å². The number of ketones is 1. The largest absolute Gasteiger partial charge is 0.419 e. The second-order valence-electron chi connectivity index (χ2n) is 5.18. The van der Waals surface area contributed by atoms with Crippen molar-refractivity contribution in [3.63, 3.8) is 0 Å². The number of nitrogens with one attached hydrogen (secondary N) is 2. The van der Waals surface area contributed by atoms with Crippen molar-refractivity contribution in [1.82, 2.24) is 4.98 Å². The van der Waals surface area contributed by atoms with Gasteiger partial charge in [-0.15, -0.1) is 0 Å². The van der Waals surface area contributed by atoms with Crippen LogP contribution in [0.3, 0.4) is 0 Å². The quantitative estimate of drug-likeness (QED) is 0.615. The Labute approximate surface area is 142 Å². The number of pyridine rings is 1. The summed E-state index contributed by atoms with van der Waals surface area (Å²) in [5.74, 6) is -0.399. The van der Waals surface area contributed by atoms with E-state index >= 15 is 0 Å². The summed E-state index contributed by atoms with van der Waals surface area (Å²) in [7, 11) is 0. The van der Waals surface area contributed by atoms with Crippen molar-refractivity contribution in [2.24, 2.45) is 0 Å². The van der Waals surface area contributed by atoms with Crippen LogP contribution >= 0.6 is 0 Å². The van der Waals surface area contributed by atoms with Crippen LogP contribution in [0.2, 0.25) is 0 Å². The summed E-state index contributed by atoms with van der Waals surface area (Å²) in [5, 5.41) is 14.6.